The third-order valence-corrected chi connectivity index (χ3v) is 5.17. The van der Waals surface area contributed by atoms with Crippen LogP contribution in [-0.4, -0.2) is 19.4 Å². The minimum Gasteiger partial charge on any atom is -0.358 e. The minimum atomic E-state index is -1.48. The largest absolute Gasteiger partial charge is 0.358 e. The van der Waals surface area contributed by atoms with Gasteiger partial charge < -0.3 is 4.98 Å². The standard InChI is InChI=1S/C13H11N5OS2/c1-7-3-4-10(12-11(7)9(5-14)6-15-12)18-21(19)13-17-16-8(2)20-13/h3-4,6,15,18H,1-2H3. The predicted molar refractivity (Wildman–Crippen MR) is 82.4 cm³/mol. The SMILES string of the molecule is Cc1nnc(S(=O)Nc2ccc(C)c3c(C#N)c[nH]c23)s1. The van der Waals surface area contributed by atoms with E-state index in [9.17, 15) is 4.21 Å². The Kier molecular flexibility index (Phi) is 3.45. The van der Waals surface area contributed by atoms with Crippen LogP contribution in [0.5, 0.6) is 0 Å². The molecule has 0 fully saturated rings. The number of nitrogens with one attached hydrogen (secondary N) is 2. The van der Waals surface area contributed by atoms with Gasteiger partial charge in [-0.15, -0.1) is 10.2 Å². The second-order valence-electron chi connectivity index (χ2n) is 4.45. The van der Waals surface area contributed by atoms with Crippen LogP contribution in [0, 0.1) is 25.2 Å². The van der Waals surface area contributed by atoms with Crippen molar-refractivity contribution in [3.8, 4) is 6.07 Å². The molecule has 2 aromatic heterocycles. The molecule has 0 amide bonds. The van der Waals surface area contributed by atoms with E-state index < -0.39 is 11.0 Å². The van der Waals surface area contributed by atoms with Crippen LogP contribution < -0.4 is 4.72 Å². The molecule has 0 aliphatic rings. The van der Waals surface area contributed by atoms with Crippen molar-refractivity contribution in [1.82, 2.24) is 15.2 Å². The number of anilines is 1. The number of nitriles is 1. The number of fused-ring (bicyclic) bond motifs is 1. The summed E-state index contributed by atoms with van der Waals surface area (Å²) in [5.41, 5.74) is 3.00. The highest BCUT2D eigenvalue weighted by Crippen LogP contribution is 2.29. The van der Waals surface area contributed by atoms with E-state index in [0.29, 0.717) is 15.6 Å². The van der Waals surface area contributed by atoms with Crippen molar-refractivity contribution in [3.05, 3.63) is 34.5 Å². The van der Waals surface area contributed by atoms with Gasteiger partial charge in [0.2, 0.25) is 4.34 Å². The zero-order chi connectivity index (χ0) is 15.0. The Balaban J connectivity index is 2.02. The number of H-pyrrole nitrogens is 1. The van der Waals surface area contributed by atoms with Gasteiger partial charge in [-0.3, -0.25) is 4.72 Å². The number of benzene rings is 1. The molecule has 0 radical (unpaired) electrons. The van der Waals surface area contributed by atoms with Gasteiger partial charge in [-0.2, -0.15) is 5.26 Å². The van der Waals surface area contributed by atoms with Crippen LogP contribution in [-0.2, 0) is 11.0 Å². The maximum atomic E-state index is 12.3. The summed E-state index contributed by atoms with van der Waals surface area (Å²) in [5.74, 6) is 0. The Hall–Kier alpha value is -2.24. The molecule has 2 heterocycles. The lowest BCUT2D eigenvalue weighted by Gasteiger charge is -2.06. The molecule has 0 saturated heterocycles. The molecule has 21 heavy (non-hydrogen) atoms. The second kappa shape index (κ2) is 5.27. The summed E-state index contributed by atoms with van der Waals surface area (Å²) in [6.07, 6.45) is 1.65. The lowest BCUT2D eigenvalue weighted by molar-refractivity contribution is 0.684. The fraction of sp³-hybridized carbons (Fsp3) is 0.154. The van der Waals surface area contributed by atoms with Gasteiger partial charge in [-0.1, -0.05) is 17.4 Å². The van der Waals surface area contributed by atoms with Crippen molar-refractivity contribution < 1.29 is 4.21 Å². The number of aromatic nitrogens is 3. The number of aryl methyl sites for hydroxylation is 2. The first-order valence-electron chi connectivity index (χ1n) is 6.09. The van der Waals surface area contributed by atoms with Crippen molar-refractivity contribution in [3.63, 3.8) is 0 Å². The van der Waals surface area contributed by atoms with E-state index in [-0.39, 0.29) is 0 Å². The van der Waals surface area contributed by atoms with Gasteiger partial charge in [0.05, 0.1) is 16.8 Å². The molecule has 0 spiro atoms. The second-order valence-corrected chi connectivity index (χ2v) is 7.02. The number of hydrogen-bond acceptors (Lipinski definition) is 5. The first-order valence-corrected chi connectivity index (χ1v) is 8.06. The monoisotopic (exact) mass is 317 g/mol. The first-order chi connectivity index (χ1) is 10.1. The van der Waals surface area contributed by atoms with Crippen molar-refractivity contribution >= 4 is 38.9 Å². The Labute approximate surface area is 127 Å². The van der Waals surface area contributed by atoms with Crippen molar-refractivity contribution in [2.75, 3.05) is 4.72 Å². The van der Waals surface area contributed by atoms with Gasteiger partial charge in [-0.05, 0) is 25.5 Å². The van der Waals surface area contributed by atoms with E-state index in [2.05, 4.69) is 26.0 Å². The zero-order valence-corrected chi connectivity index (χ0v) is 12.9. The first kappa shape index (κ1) is 13.7. The molecule has 1 atom stereocenters. The Morgan fingerprint density at radius 1 is 1.38 bits per heavy atom. The summed E-state index contributed by atoms with van der Waals surface area (Å²) in [6.45, 7) is 3.75. The molecule has 0 saturated carbocycles. The van der Waals surface area contributed by atoms with Crippen molar-refractivity contribution in [1.29, 1.82) is 5.26 Å². The van der Waals surface area contributed by atoms with E-state index in [1.54, 1.807) is 6.20 Å². The lowest BCUT2D eigenvalue weighted by Crippen LogP contribution is -2.05. The van der Waals surface area contributed by atoms with E-state index in [4.69, 9.17) is 5.26 Å². The van der Waals surface area contributed by atoms with Gasteiger partial charge >= 0.3 is 0 Å². The van der Waals surface area contributed by atoms with Crippen LogP contribution in [0.4, 0.5) is 5.69 Å². The van der Waals surface area contributed by atoms with Crippen molar-refractivity contribution in [2.24, 2.45) is 0 Å². The van der Waals surface area contributed by atoms with Crippen LogP contribution in [0.1, 0.15) is 16.1 Å². The van der Waals surface area contributed by atoms with Gasteiger partial charge in [0, 0.05) is 11.6 Å². The topological polar surface area (TPSA) is 94.5 Å². The molecular formula is C13H11N5OS2. The molecule has 0 aliphatic carbocycles. The molecule has 0 bridgehead atoms. The van der Waals surface area contributed by atoms with Crippen LogP contribution in [0.3, 0.4) is 0 Å². The van der Waals surface area contributed by atoms with Crippen LogP contribution in [0.25, 0.3) is 10.9 Å². The molecule has 0 aliphatic heterocycles. The summed E-state index contributed by atoms with van der Waals surface area (Å²) in [7, 11) is -1.48. The predicted octanol–water partition coefficient (Wildman–Crippen LogP) is 2.64. The maximum Gasteiger partial charge on any atom is 0.225 e. The van der Waals surface area contributed by atoms with Crippen LogP contribution in [0.2, 0.25) is 0 Å². The molecular weight excluding hydrogens is 306 g/mol. The summed E-state index contributed by atoms with van der Waals surface area (Å²) in [5, 5.41) is 18.5. The average molecular weight is 317 g/mol. The highest BCUT2D eigenvalue weighted by molar-refractivity contribution is 7.88. The summed E-state index contributed by atoms with van der Waals surface area (Å²) >= 11 is 1.29. The lowest BCUT2D eigenvalue weighted by atomic mass is 10.1. The summed E-state index contributed by atoms with van der Waals surface area (Å²) in [4.78, 5) is 3.06. The fourth-order valence-corrected chi connectivity index (χ4v) is 3.87. The summed E-state index contributed by atoms with van der Waals surface area (Å²) < 4.78 is 15.6. The molecule has 8 heteroatoms. The molecule has 3 aromatic rings. The number of nitrogens with zero attached hydrogens (tertiary/aromatic N) is 3. The molecule has 1 unspecified atom stereocenters. The quantitative estimate of drug-likeness (QED) is 0.776. The number of aromatic amines is 1. The highest BCUT2D eigenvalue weighted by Gasteiger charge is 2.14. The number of hydrogen-bond donors (Lipinski definition) is 2. The third kappa shape index (κ3) is 2.41. The molecule has 2 N–H and O–H groups in total. The van der Waals surface area contributed by atoms with Crippen LogP contribution >= 0.6 is 11.3 Å². The van der Waals surface area contributed by atoms with E-state index in [1.807, 2.05) is 26.0 Å². The average Bonchev–Trinajstić information content (AvgIpc) is 3.08. The number of rotatable bonds is 3. The normalized spacial score (nSPS) is 12.2. The van der Waals surface area contributed by atoms with E-state index in [1.165, 1.54) is 11.3 Å². The molecule has 106 valence electrons. The molecule has 3 rings (SSSR count). The highest BCUT2D eigenvalue weighted by atomic mass is 32.2. The van der Waals surface area contributed by atoms with Crippen molar-refractivity contribution in [2.45, 2.75) is 18.2 Å². The third-order valence-electron chi connectivity index (χ3n) is 3.03. The Morgan fingerprint density at radius 3 is 2.86 bits per heavy atom. The summed E-state index contributed by atoms with van der Waals surface area (Å²) in [6, 6.07) is 5.88. The smallest absolute Gasteiger partial charge is 0.225 e. The van der Waals surface area contributed by atoms with Gasteiger partial charge in [0.1, 0.15) is 11.1 Å². The Bertz CT molecular complexity index is 890. The van der Waals surface area contributed by atoms with E-state index >= 15 is 0 Å². The molecule has 1 aromatic carbocycles. The maximum absolute atomic E-state index is 12.3. The fourth-order valence-electron chi connectivity index (χ4n) is 2.09. The van der Waals surface area contributed by atoms with Crippen LogP contribution in [0.15, 0.2) is 22.7 Å². The zero-order valence-electron chi connectivity index (χ0n) is 11.3. The van der Waals surface area contributed by atoms with E-state index in [0.717, 1.165) is 21.5 Å². The minimum absolute atomic E-state index is 0.424. The van der Waals surface area contributed by atoms with Gasteiger partial charge in [0.25, 0.3) is 0 Å². The Morgan fingerprint density at radius 2 is 2.19 bits per heavy atom. The van der Waals surface area contributed by atoms with Gasteiger partial charge in [0.15, 0.2) is 11.0 Å². The molecule has 6 nitrogen and oxygen atoms in total. The van der Waals surface area contributed by atoms with Gasteiger partial charge in [-0.25, -0.2) is 4.21 Å².